The summed E-state index contributed by atoms with van der Waals surface area (Å²) in [6.07, 6.45) is 1.72. The number of aryl methyl sites for hydroxylation is 1. The fraction of sp³-hybridized carbons (Fsp3) is 0.263. The third kappa shape index (κ3) is 1.97. The highest BCUT2D eigenvalue weighted by molar-refractivity contribution is 6.22. The Hall–Kier alpha value is -2.69. The molecule has 1 N–H and O–H groups in total. The van der Waals surface area contributed by atoms with E-state index in [-0.39, 0.29) is 16.8 Å². The second-order valence-electron chi connectivity index (χ2n) is 7.27. The van der Waals surface area contributed by atoms with Gasteiger partial charge in [-0.2, -0.15) is 0 Å². The Labute approximate surface area is 137 Å². The number of H-pyrrole nitrogens is 1. The Balaban J connectivity index is 2.35. The molecule has 0 spiro atoms. The topological polar surface area (TPSA) is 50.7 Å². The minimum atomic E-state index is -0.357. The number of fused-ring (bicyclic) bond motifs is 6. The largest absolute Gasteiger partial charge is 0.341 e. The average molecular weight is 323 g/mol. The number of rotatable bonds is 0. The number of aromatic amines is 1. The lowest BCUT2D eigenvalue weighted by molar-refractivity contribution is 0.554. The van der Waals surface area contributed by atoms with Gasteiger partial charge in [-0.05, 0) is 24.3 Å². The van der Waals surface area contributed by atoms with Crippen LogP contribution in [0.2, 0.25) is 0 Å². The zero-order valence-electron chi connectivity index (χ0n) is 14.1. The first kappa shape index (κ1) is 14.9. The second-order valence-corrected chi connectivity index (χ2v) is 7.27. The van der Waals surface area contributed by atoms with Crippen LogP contribution in [0.5, 0.6) is 0 Å². The molecule has 2 aromatic heterocycles. The summed E-state index contributed by atoms with van der Waals surface area (Å²) >= 11 is 0. The molecule has 0 amide bonds. The minimum absolute atomic E-state index is 0.148. The summed E-state index contributed by atoms with van der Waals surface area (Å²) in [4.78, 5) is 20.8. The lowest BCUT2D eigenvalue weighted by atomic mass is 9.96. The minimum Gasteiger partial charge on any atom is -0.341 e. The number of nitrogens with one attached hydrogen (secondary N) is 1. The van der Waals surface area contributed by atoms with E-state index in [9.17, 15) is 9.18 Å². The summed E-state index contributed by atoms with van der Waals surface area (Å²) in [6, 6.07) is 6.43. The number of hydrogen-bond acceptors (Lipinski definition) is 2. The van der Waals surface area contributed by atoms with Crippen LogP contribution in [-0.2, 0) is 12.5 Å². The molecular weight excluding hydrogens is 305 g/mol. The molecule has 4 nitrogen and oxygen atoms in total. The quantitative estimate of drug-likeness (QED) is 0.497. The van der Waals surface area contributed by atoms with Crippen LogP contribution in [0, 0.1) is 5.82 Å². The van der Waals surface area contributed by atoms with E-state index >= 15 is 0 Å². The van der Waals surface area contributed by atoms with E-state index in [4.69, 9.17) is 4.98 Å². The maximum atomic E-state index is 13.9. The van der Waals surface area contributed by atoms with Gasteiger partial charge in [0.05, 0.1) is 16.4 Å². The normalized spacial score (nSPS) is 12.5. The van der Waals surface area contributed by atoms with Gasteiger partial charge in [0.2, 0.25) is 0 Å². The number of hydrogen-bond donors (Lipinski definition) is 1. The van der Waals surface area contributed by atoms with Gasteiger partial charge in [0, 0.05) is 34.8 Å². The Morgan fingerprint density at radius 3 is 2.58 bits per heavy atom. The Morgan fingerprint density at radius 2 is 1.88 bits per heavy atom. The van der Waals surface area contributed by atoms with Crippen LogP contribution >= 0.6 is 0 Å². The van der Waals surface area contributed by atoms with Gasteiger partial charge in [-0.15, -0.1) is 0 Å². The average Bonchev–Trinajstić information content (AvgIpc) is 2.95. The summed E-state index contributed by atoms with van der Waals surface area (Å²) in [5, 5.41) is 2.68. The van der Waals surface area contributed by atoms with E-state index < -0.39 is 0 Å². The van der Waals surface area contributed by atoms with Gasteiger partial charge in [0.1, 0.15) is 11.6 Å². The van der Waals surface area contributed by atoms with Gasteiger partial charge >= 0.3 is 0 Å². The Morgan fingerprint density at radius 1 is 1.12 bits per heavy atom. The van der Waals surface area contributed by atoms with Crippen LogP contribution in [0.15, 0.2) is 35.3 Å². The van der Waals surface area contributed by atoms with Crippen molar-refractivity contribution >= 4 is 32.6 Å². The fourth-order valence-electron chi connectivity index (χ4n) is 3.15. The number of pyridine rings is 1. The molecule has 2 aromatic carbocycles. The van der Waals surface area contributed by atoms with Crippen LogP contribution in [0.25, 0.3) is 32.6 Å². The monoisotopic (exact) mass is 323 g/mol. The molecule has 0 radical (unpaired) electrons. The third-order valence-corrected chi connectivity index (χ3v) is 4.46. The van der Waals surface area contributed by atoms with Gasteiger partial charge < -0.3 is 9.55 Å². The zero-order valence-corrected chi connectivity index (χ0v) is 14.1. The lowest BCUT2D eigenvalue weighted by Crippen LogP contribution is -2.16. The van der Waals surface area contributed by atoms with Crippen molar-refractivity contribution in [1.29, 1.82) is 0 Å². The molecule has 0 aliphatic heterocycles. The number of aromatic nitrogens is 3. The highest BCUT2D eigenvalue weighted by atomic mass is 19.1. The predicted octanol–water partition coefficient (Wildman–Crippen LogP) is 4.00. The van der Waals surface area contributed by atoms with Crippen LogP contribution < -0.4 is 5.56 Å². The smallest absolute Gasteiger partial charge is 0.258 e. The van der Waals surface area contributed by atoms with Crippen molar-refractivity contribution in [2.24, 2.45) is 7.05 Å². The van der Waals surface area contributed by atoms with E-state index in [0.29, 0.717) is 10.8 Å². The fourth-order valence-corrected chi connectivity index (χ4v) is 3.15. The molecule has 0 saturated carbocycles. The standard InChI is InChI=1S/C19H18FN3O/c1-19(2,3)18-21-15-11-6-5-10(20)9-13(11)14-12(16(15)22-18)7-8-23(4)17(14)24/h5-9H,1-4H3,(H,21,22). The SMILES string of the molecule is Cn1ccc2c3nc(C(C)(C)C)[nH]c3c3ccc(F)cc3c2c1=O. The van der Waals surface area contributed by atoms with Crippen molar-refractivity contribution in [2.45, 2.75) is 26.2 Å². The summed E-state index contributed by atoms with van der Waals surface area (Å²) in [5.74, 6) is 0.487. The molecule has 122 valence electrons. The Bertz CT molecular complexity index is 1180. The molecule has 0 bridgehead atoms. The van der Waals surface area contributed by atoms with E-state index in [1.165, 1.54) is 16.7 Å². The van der Waals surface area contributed by atoms with Gasteiger partial charge in [-0.25, -0.2) is 9.37 Å². The molecule has 4 aromatic rings. The molecule has 4 rings (SSSR count). The first-order chi connectivity index (χ1) is 11.3. The van der Waals surface area contributed by atoms with Gasteiger partial charge in [-0.3, -0.25) is 4.79 Å². The molecule has 5 heteroatoms. The molecule has 0 aliphatic carbocycles. The zero-order chi connectivity index (χ0) is 17.2. The predicted molar refractivity (Wildman–Crippen MR) is 95.0 cm³/mol. The van der Waals surface area contributed by atoms with Crippen LogP contribution in [0.1, 0.15) is 26.6 Å². The Kier molecular flexibility index (Phi) is 2.89. The molecule has 0 atom stereocenters. The molecule has 0 saturated heterocycles. The lowest BCUT2D eigenvalue weighted by Gasteiger charge is -2.13. The summed E-state index contributed by atoms with van der Waals surface area (Å²) in [6.45, 7) is 6.23. The first-order valence-electron chi connectivity index (χ1n) is 7.88. The van der Waals surface area contributed by atoms with E-state index in [0.717, 1.165) is 27.6 Å². The van der Waals surface area contributed by atoms with Crippen molar-refractivity contribution in [3.05, 3.63) is 52.5 Å². The van der Waals surface area contributed by atoms with Crippen molar-refractivity contribution in [1.82, 2.24) is 14.5 Å². The third-order valence-electron chi connectivity index (χ3n) is 4.46. The van der Waals surface area contributed by atoms with Crippen molar-refractivity contribution in [3.63, 3.8) is 0 Å². The second kappa shape index (κ2) is 4.66. The van der Waals surface area contributed by atoms with E-state index in [1.54, 1.807) is 19.3 Å². The van der Waals surface area contributed by atoms with Crippen molar-refractivity contribution in [3.8, 4) is 0 Å². The van der Waals surface area contributed by atoms with Gasteiger partial charge in [0.25, 0.3) is 5.56 Å². The van der Waals surface area contributed by atoms with Crippen molar-refractivity contribution in [2.75, 3.05) is 0 Å². The highest BCUT2D eigenvalue weighted by Crippen LogP contribution is 2.34. The number of benzene rings is 2. The van der Waals surface area contributed by atoms with Crippen molar-refractivity contribution < 1.29 is 4.39 Å². The highest BCUT2D eigenvalue weighted by Gasteiger charge is 2.22. The van der Waals surface area contributed by atoms with Gasteiger partial charge in [0.15, 0.2) is 0 Å². The number of imidazole rings is 1. The summed E-state index contributed by atoms with van der Waals surface area (Å²) in [7, 11) is 1.70. The molecule has 0 unspecified atom stereocenters. The molecule has 2 heterocycles. The number of halogens is 1. The molecular formula is C19H18FN3O. The van der Waals surface area contributed by atoms with Crippen LogP contribution in [0.4, 0.5) is 4.39 Å². The maximum absolute atomic E-state index is 13.9. The molecule has 0 fully saturated rings. The van der Waals surface area contributed by atoms with Gasteiger partial charge in [-0.1, -0.05) is 20.8 Å². The maximum Gasteiger partial charge on any atom is 0.258 e. The number of nitrogens with zero attached hydrogens (tertiary/aromatic N) is 2. The van der Waals surface area contributed by atoms with Crippen LogP contribution in [-0.4, -0.2) is 14.5 Å². The summed E-state index contributed by atoms with van der Waals surface area (Å²) in [5.41, 5.74) is 1.30. The van der Waals surface area contributed by atoms with E-state index in [1.807, 2.05) is 6.07 Å². The first-order valence-corrected chi connectivity index (χ1v) is 7.88. The molecule has 24 heavy (non-hydrogen) atoms. The van der Waals surface area contributed by atoms with E-state index in [2.05, 4.69) is 25.8 Å². The summed E-state index contributed by atoms with van der Waals surface area (Å²) < 4.78 is 15.4. The molecule has 0 aliphatic rings. The van der Waals surface area contributed by atoms with Crippen LogP contribution in [0.3, 0.4) is 0 Å².